The fraction of sp³-hybridized carbons (Fsp3) is 0.200. The zero-order valence-electron chi connectivity index (χ0n) is 15.4. The Morgan fingerprint density at radius 1 is 1.10 bits per heavy atom. The smallest absolute Gasteiger partial charge is 0.387 e. The van der Waals surface area contributed by atoms with E-state index >= 15 is 0 Å². The molecule has 0 aliphatic rings. The van der Waals surface area contributed by atoms with Crippen molar-refractivity contribution in [2.45, 2.75) is 13.2 Å². The Labute approximate surface area is 164 Å². The van der Waals surface area contributed by atoms with E-state index in [4.69, 9.17) is 9.47 Å². The van der Waals surface area contributed by atoms with Gasteiger partial charge >= 0.3 is 12.6 Å². The molecule has 1 N–H and O–H groups in total. The number of carbonyl (C=O) groups is 2. The zero-order chi connectivity index (χ0) is 21.2. The van der Waals surface area contributed by atoms with Crippen molar-refractivity contribution in [3.05, 3.63) is 65.5 Å². The maximum absolute atomic E-state index is 12.8. The van der Waals surface area contributed by atoms with Crippen molar-refractivity contribution in [1.82, 2.24) is 5.32 Å². The number of ether oxygens (including phenoxy) is 3. The molecule has 0 saturated heterocycles. The van der Waals surface area contributed by atoms with Gasteiger partial charge in [-0.05, 0) is 41.5 Å². The van der Waals surface area contributed by atoms with Crippen LogP contribution < -0.4 is 14.8 Å². The summed E-state index contributed by atoms with van der Waals surface area (Å²) in [7, 11) is 1.29. The molecule has 0 radical (unpaired) electrons. The van der Waals surface area contributed by atoms with Gasteiger partial charge in [0.05, 0.1) is 7.11 Å². The number of hydrogen-bond acceptors (Lipinski definition) is 5. The van der Waals surface area contributed by atoms with Crippen LogP contribution in [0.2, 0.25) is 0 Å². The lowest BCUT2D eigenvalue weighted by molar-refractivity contribution is -0.143. The number of amides is 1. The van der Waals surface area contributed by atoms with Crippen LogP contribution in [0.15, 0.2) is 48.5 Å². The first kappa shape index (κ1) is 21.8. The summed E-state index contributed by atoms with van der Waals surface area (Å²) in [6.45, 7) is -3.32. The fourth-order valence-corrected chi connectivity index (χ4v) is 2.18. The minimum atomic E-state index is -2.99. The van der Waals surface area contributed by atoms with E-state index in [1.54, 1.807) is 0 Å². The van der Waals surface area contributed by atoms with E-state index in [0.717, 1.165) is 6.08 Å². The fourth-order valence-electron chi connectivity index (χ4n) is 2.18. The predicted molar refractivity (Wildman–Crippen MR) is 97.9 cm³/mol. The molecule has 0 fully saturated rings. The highest BCUT2D eigenvalue weighted by atomic mass is 19.3. The Kier molecular flexibility index (Phi) is 8.08. The molecule has 0 heterocycles. The molecule has 2 aromatic rings. The first-order valence-corrected chi connectivity index (χ1v) is 8.36. The molecular weight excluding hydrogens is 391 g/mol. The third kappa shape index (κ3) is 7.57. The van der Waals surface area contributed by atoms with Gasteiger partial charge in [-0.3, -0.25) is 4.79 Å². The first-order chi connectivity index (χ1) is 13.9. The van der Waals surface area contributed by atoms with E-state index in [1.165, 1.54) is 55.7 Å². The number of methoxy groups -OCH3 is 1. The summed E-state index contributed by atoms with van der Waals surface area (Å²) >= 11 is 0. The van der Waals surface area contributed by atoms with Crippen LogP contribution in [0.4, 0.5) is 13.2 Å². The summed E-state index contributed by atoms with van der Waals surface area (Å²) < 4.78 is 51.5. The molecule has 0 bridgehead atoms. The third-order valence-corrected chi connectivity index (χ3v) is 3.56. The van der Waals surface area contributed by atoms with E-state index < -0.39 is 25.1 Å². The van der Waals surface area contributed by atoms with Gasteiger partial charge in [0.1, 0.15) is 5.82 Å². The Bertz CT molecular complexity index is 869. The molecule has 0 saturated carbocycles. The lowest BCUT2D eigenvalue weighted by atomic mass is 10.2. The van der Waals surface area contributed by atoms with Crippen LogP contribution in [0.3, 0.4) is 0 Å². The average molecular weight is 409 g/mol. The lowest BCUT2D eigenvalue weighted by Gasteiger charge is -2.10. The highest BCUT2D eigenvalue weighted by Gasteiger charge is 2.11. The molecule has 9 heteroatoms. The molecule has 29 heavy (non-hydrogen) atoms. The van der Waals surface area contributed by atoms with E-state index in [2.05, 4.69) is 10.1 Å². The predicted octanol–water partition coefficient (Wildman–Crippen LogP) is 3.31. The van der Waals surface area contributed by atoms with E-state index in [-0.39, 0.29) is 23.9 Å². The van der Waals surface area contributed by atoms with Gasteiger partial charge in [-0.1, -0.05) is 18.2 Å². The minimum Gasteiger partial charge on any atom is -0.493 e. The van der Waals surface area contributed by atoms with Gasteiger partial charge in [0.25, 0.3) is 5.91 Å². The van der Waals surface area contributed by atoms with Crippen LogP contribution in [0.25, 0.3) is 6.08 Å². The quantitative estimate of drug-likeness (QED) is 0.508. The van der Waals surface area contributed by atoms with Crippen LogP contribution in [-0.4, -0.2) is 32.2 Å². The first-order valence-electron chi connectivity index (χ1n) is 8.36. The monoisotopic (exact) mass is 409 g/mol. The topological polar surface area (TPSA) is 73.9 Å². The van der Waals surface area contributed by atoms with Crippen molar-refractivity contribution < 1.29 is 37.0 Å². The largest absolute Gasteiger partial charge is 0.493 e. The van der Waals surface area contributed by atoms with Gasteiger partial charge in [-0.2, -0.15) is 8.78 Å². The Morgan fingerprint density at radius 3 is 2.48 bits per heavy atom. The summed E-state index contributed by atoms with van der Waals surface area (Å²) in [5.41, 5.74) is 1.17. The number of benzene rings is 2. The van der Waals surface area contributed by atoms with Gasteiger partial charge in [0.15, 0.2) is 18.1 Å². The van der Waals surface area contributed by atoms with Gasteiger partial charge in [0, 0.05) is 12.6 Å². The van der Waals surface area contributed by atoms with Crippen LogP contribution in [0.1, 0.15) is 11.1 Å². The Morgan fingerprint density at radius 2 is 1.83 bits per heavy atom. The van der Waals surface area contributed by atoms with Crippen molar-refractivity contribution in [3.63, 3.8) is 0 Å². The van der Waals surface area contributed by atoms with Crippen molar-refractivity contribution in [1.29, 1.82) is 0 Å². The number of nitrogens with one attached hydrogen (secondary N) is 1. The zero-order valence-corrected chi connectivity index (χ0v) is 15.4. The van der Waals surface area contributed by atoms with Gasteiger partial charge < -0.3 is 19.5 Å². The van der Waals surface area contributed by atoms with Gasteiger partial charge in [-0.15, -0.1) is 0 Å². The molecular formula is C20H18F3NO5. The molecule has 1 amide bonds. The third-order valence-electron chi connectivity index (χ3n) is 3.56. The number of alkyl halides is 2. The van der Waals surface area contributed by atoms with Gasteiger partial charge in [0.2, 0.25) is 0 Å². The maximum atomic E-state index is 12.8. The highest BCUT2D eigenvalue weighted by Crippen LogP contribution is 2.29. The van der Waals surface area contributed by atoms with Crippen molar-refractivity contribution >= 4 is 18.0 Å². The second-order valence-corrected chi connectivity index (χ2v) is 5.63. The normalized spacial score (nSPS) is 10.8. The van der Waals surface area contributed by atoms with Crippen LogP contribution in [0, 0.1) is 5.82 Å². The molecule has 0 aromatic heterocycles. The summed E-state index contributed by atoms with van der Waals surface area (Å²) in [5.74, 6) is -1.74. The number of halogens is 3. The molecule has 0 unspecified atom stereocenters. The molecule has 2 aromatic carbocycles. The van der Waals surface area contributed by atoms with E-state index in [9.17, 15) is 22.8 Å². The second kappa shape index (κ2) is 10.7. The number of esters is 1. The summed E-state index contributed by atoms with van der Waals surface area (Å²) in [5, 5.41) is 2.53. The number of rotatable bonds is 9. The number of carbonyl (C=O) groups excluding carboxylic acids is 2. The van der Waals surface area contributed by atoms with Crippen LogP contribution in [0.5, 0.6) is 11.5 Å². The molecule has 2 rings (SSSR count). The molecule has 0 atom stereocenters. The SMILES string of the molecule is COc1cc(C=CC(=O)OCC(=O)NCc2ccc(F)cc2)ccc1OC(F)F. The number of hydrogen-bond donors (Lipinski definition) is 1. The van der Waals surface area contributed by atoms with E-state index in [1.807, 2.05) is 0 Å². The lowest BCUT2D eigenvalue weighted by Crippen LogP contribution is -2.28. The minimum absolute atomic E-state index is 0.0704. The molecule has 6 nitrogen and oxygen atoms in total. The highest BCUT2D eigenvalue weighted by molar-refractivity contribution is 5.89. The van der Waals surface area contributed by atoms with Crippen molar-refractivity contribution in [2.75, 3.05) is 13.7 Å². The molecule has 0 spiro atoms. The Balaban J connectivity index is 1.81. The molecule has 0 aliphatic carbocycles. The second-order valence-electron chi connectivity index (χ2n) is 5.63. The molecule has 154 valence electrons. The summed E-state index contributed by atoms with van der Waals surface area (Å²) in [6.07, 6.45) is 2.45. The molecule has 0 aliphatic heterocycles. The summed E-state index contributed by atoms with van der Waals surface area (Å²) in [6, 6.07) is 9.71. The maximum Gasteiger partial charge on any atom is 0.387 e. The van der Waals surface area contributed by atoms with Crippen molar-refractivity contribution in [2.24, 2.45) is 0 Å². The standard InChI is InChI=1S/C20H18F3NO5/c1-27-17-10-13(4-8-16(17)29-20(22)23)5-9-19(26)28-12-18(25)24-11-14-2-6-15(21)7-3-14/h2-10,20H,11-12H2,1H3,(H,24,25). The van der Waals surface area contributed by atoms with Crippen LogP contribution >= 0.6 is 0 Å². The van der Waals surface area contributed by atoms with Gasteiger partial charge in [-0.25, -0.2) is 9.18 Å². The summed E-state index contributed by atoms with van der Waals surface area (Å²) in [4.78, 5) is 23.4. The van der Waals surface area contributed by atoms with Crippen LogP contribution in [-0.2, 0) is 20.9 Å². The van der Waals surface area contributed by atoms with Crippen molar-refractivity contribution in [3.8, 4) is 11.5 Å². The van der Waals surface area contributed by atoms with E-state index in [0.29, 0.717) is 11.1 Å². The Hall–Kier alpha value is -3.49. The average Bonchev–Trinajstić information content (AvgIpc) is 2.70.